The second-order valence-corrected chi connectivity index (χ2v) is 6.35. The van der Waals surface area contributed by atoms with E-state index in [0.29, 0.717) is 0 Å². The Morgan fingerprint density at radius 2 is 1.92 bits per heavy atom. The minimum absolute atomic E-state index is 0.110. The summed E-state index contributed by atoms with van der Waals surface area (Å²) in [4.78, 5) is 25.5. The van der Waals surface area contributed by atoms with Gasteiger partial charge in [0.1, 0.15) is 13.2 Å². The van der Waals surface area contributed by atoms with Crippen LogP contribution in [-0.2, 0) is 20.9 Å². The van der Waals surface area contributed by atoms with E-state index in [2.05, 4.69) is 6.58 Å². The molecule has 25 heavy (non-hydrogen) atoms. The van der Waals surface area contributed by atoms with Crippen LogP contribution in [0.1, 0.15) is 44.6 Å². The van der Waals surface area contributed by atoms with Gasteiger partial charge in [-0.1, -0.05) is 36.4 Å². The molecule has 2 rings (SSSR count). The highest BCUT2D eigenvalue weighted by Gasteiger charge is 2.38. The molecule has 1 saturated heterocycles. The Kier molecular flexibility index (Phi) is 7.51. The summed E-state index contributed by atoms with van der Waals surface area (Å²) in [6, 6.07) is 9.63. The number of allylic oxidation sites excluding steroid dienone is 1. The largest absolute Gasteiger partial charge is 0.464 e. The summed E-state index contributed by atoms with van der Waals surface area (Å²) < 4.78 is 10.7. The second-order valence-electron chi connectivity index (χ2n) is 6.35. The van der Waals surface area contributed by atoms with Gasteiger partial charge in [-0.3, -0.25) is 9.69 Å². The number of ether oxygens (including phenoxy) is 2. The highest BCUT2D eigenvalue weighted by molar-refractivity contribution is 5.69. The van der Waals surface area contributed by atoms with Crippen molar-refractivity contribution in [2.75, 3.05) is 6.61 Å². The van der Waals surface area contributed by atoms with Crippen molar-refractivity contribution in [3.05, 3.63) is 48.6 Å². The van der Waals surface area contributed by atoms with Gasteiger partial charge in [-0.15, -0.1) is 6.58 Å². The van der Waals surface area contributed by atoms with Crippen LogP contribution in [-0.4, -0.2) is 35.7 Å². The molecule has 1 fully saturated rings. The maximum absolute atomic E-state index is 12.7. The number of benzene rings is 1. The normalized spacial score (nSPS) is 19.5. The van der Waals surface area contributed by atoms with Crippen molar-refractivity contribution >= 4 is 12.1 Å². The topological polar surface area (TPSA) is 55.8 Å². The molecule has 0 aliphatic carbocycles. The van der Waals surface area contributed by atoms with Crippen molar-refractivity contribution in [3.8, 4) is 0 Å². The lowest BCUT2D eigenvalue weighted by Crippen LogP contribution is -2.43. The molecule has 1 aromatic rings. The third-order valence-corrected chi connectivity index (χ3v) is 4.46. The van der Waals surface area contributed by atoms with Gasteiger partial charge in [0.15, 0.2) is 0 Å². The number of unbranched alkanes of at least 4 members (excludes halogenated alkanes) is 1. The van der Waals surface area contributed by atoms with Crippen molar-refractivity contribution in [2.45, 2.75) is 57.7 Å². The van der Waals surface area contributed by atoms with Gasteiger partial charge in [-0.25, -0.2) is 4.79 Å². The molecule has 5 nitrogen and oxygen atoms in total. The maximum Gasteiger partial charge on any atom is 0.410 e. The molecule has 1 aromatic carbocycles. The van der Waals surface area contributed by atoms with Gasteiger partial charge in [-0.05, 0) is 37.7 Å². The fourth-order valence-electron chi connectivity index (χ4n) is 3.21. The molecule has 0 N–H and O–H groups in total. The van der Waals surface area contributed by atoms with Crippen LogP contribution in [0.5, 0.6) is 0 Å². The molecule has 0 bridgehead atoms. The quantitative estimate of drug-likeness (QED) is 0.405. The highest BCUT2D eigenvalue weighted by atomic mass is 16.6. The molecule has 1 heterocycles. The summed E-state index contributed by atoms with van der Waals surface area (Å²) in [5.41, 5.74) is 0.954. The molecule has 0 aromatic heterocycles. The zero-order valence-electron chi connectivity index (χ0n) is 14.9. The number of hydrogen-bond acceptors (Lipinski definition) is 4. The molecule has 1 amide bonds. The number of nitrogens with zero attached hydrogens (tertiary/aromatic N) is 1. The van der Waals surface area contributed by atoms with Gasteiger partial charge in [0, 0.05) is 13.0 Å². The summed E-state index contributed by atoms with van der Waals surface area (Å²) in [6.45, 7) is 5.60. The monoisotopic (exact) mass is 345 g/mol. The van der Waals surface area contributed by atoms with Crippen LogP contribution < -0.4 is 0 Å². The van der Waals surface area contributed by atoms with Gasteiger partial charge < -0.3 is 9.47 Å². The second kappa shape index (κ2) is 9.87. The average Bonchev–Trinajstić information content (AvgIpc) is 3.02. The van der Waals surface area contributed by atoms with E-state index in [-0.39, 0.29) is 37.4 Å². The van der Waals surface area contributed by atoms with Crippen molar-refractivity contribution in [1.82, 2.24) is 4.90 Å². The number of carbonyl (C=O) groups excluding carboxylic acids is 2. The zero-order valence-corrected chi connectivity index (χ0v) is 14.9. The summed E-state index contributed by atoms with van der Waals surface area (Å²) in [5, 5.41) is 0. The molecular weight excluding hydrogens is 318 g/mol. The summed E-state index contributed by atoms with van der Waals surface area (Å²) in [7, 11) is 0. The lowest BCUT2D eigenvalue weighted by atomic mass is 10.1. The van der Waals surface area contributed by atoms with E-state index in [9.17, 15) is 9.59 Å². The van der Waals surface area contributed by atoms with Crippen LogP contribution in [0.3, 0.4) is 0 Å². The zero-order chi connectivity index (χ0) is 18.1. The average molecular weight is 345 g/mol. The van der Waals surface area contributed by atoms with Crippen LogP contribution in [0.4, 0.5) is 4.79 Å². The molecule has 1 aliphatic rings. The molecule has 136 valence electrons. The molecule has 2 atom stereocenters. The Hall–Kier alpha value is -2.30. The van der Waals surface area contributed by atoms with Crippen LogP contribution in [0.15, 0.2) is 43.0 Å². The Bertz CT molecular complexity index is 572. The number of hydrogen-bond donors (Lipinski definition) is 0. The predicted octanol–water partition coefficient (Wildman–Crippen LogP) is 4.08. The Morgan fingerprint density at radius 3 is 2.60 bits per heavy atom. The summed E-state index contributed by atoms with van der Waals surface area (Å²) in [5.74, 6) is -0.326. The smallest absolute Gasteiger partial charge is 0.410 e. The van der Waals surface area contributed by atoms with E-state index < -0.39 is 0 Å². The first-order valence-electron chi connectivity index (χ1n) is 8.85. The van der Waals surface area contributed by atoms with Gasteiger partial charge in [0.05, 0.1) is 6.04 Å². The molecule has 0 unspecified atom stereocenters. The van der Waals surface area contributed by atoms with Crippen LogP contribution in [0.2, 0.25) is 0 Å². The molecule has 0 radical (unpaired) electrons. The summed E-state index contributed by atoms with van der Waals surface area (Å²) >= 11 is 0. The van der Waals surface area contributed by atoms with Gasteiger partial charge >= 0.3 is 12.1 Å². The number of likely N-dealkylation sites (tertiary alicyclic amines) is 1. The maximum atomic E-state index is 12.7. The minimum atomic E-state index is -0.331. The third-order valence-electron chi connectivity index (χ3n) is 4.46. The van der Waals surface area contributed by atoms with Gasteiger partial charge in [-0.2, -0.15) is 0 Å². The fourth-order valence-corrected chi connectivity index (χ4v) is 3.21. The minimum Gasteiger partial charge on any atom is -0.464 e. The fraction of sp³-hybridized carbons (Fsp3) is 0.500. The first kappa shape index (κ1) is 19.0. The van der Waals surface area contributed by atoms with E-state index in [1.165, 1.54) is 6.92 Å². The lowest BCUT2D eigenvalue weighted by Gasteiger charge is -2.29. The highest BCUT2D eigenvalue weighted by Crippen LogP contribution is 2.29. The standard InChI is InChI=1S/C20H27NO4/c1-3-4-6-11-18-12-13-19(15-24-16(2)22)21(18)20(23)25-14-17-9-7-5-8-10-17/h3,5,7-10,18-19H,1,4,6,11-15H2,2H3/t18-,19+/m1/s1. The van der Waals surface area contributed by atoms with Crippen molar-refractivity contribution in [2.24, 2.45) is 0 Å². The van der Waals surface area contributed by atoms with Crippen LogP contribution >= 0.6 is 0 Å². The van der Waals surface area contributed by atoms with Crippen LogP contribution in [0, 0.1) is 0 Å². The first-order valence-corrected chi connectivity index (χ1v) is 8.85. The summed E-state index contributed by atoms with van der Waals surface area (Å²) in [6.07, 6.45) is 6.11. The van der Waals surface area contributed by atoms with E-state index in [4.69, 9.17) is 9.47 Å². The predicted molar refractivity (Wildman–Crippen MR) is 96.0 cm³/mol. The van der Waals surface area contributed by atoms with E-state index in [0.717, 1.165) is 37.7 Å². The molecule has 0 saturated carbocycles. The third kappa shape index (κ3) is 5.93. The SMILES string of the molecule is C=CCCC[C@@H]1CC[C@@H](COC(C)=O)N1C(=O)OCc1ccccc1. The van der Waals surface area contributed by atoms with E-state index in [1.54, 1.807) is 4.90 Å². The van der Waals surface area contributed by atoms with Gasteiger partial charge in [0.2, 0.25) is 0 Å². The van der Waals surface area contributed by atoms with Crippen molar-refractivity contribution in [1.29, 1.82) is 0 Å². The Morgan fingerprint density at radius 1 is 1.20 bits per heavy atom. The Balaban J connectivity index is 1.97. The molecule has 5 heteroatoms. The number of carbonyl (C=O) groups is 2. The first-order chi connectivity index (χ1) is 12.1. The van der Waals surface area contributed by atoms with E-state index >= 15 is 0 Å². The number of rotatable bonds is 8. The van der Waals surface area contributed by atoms with Gasteiger partial charge in [0.25, 0.3) is 0 Å². The molecule has 0 spiro atoms. The Labute approximate surface area is 149 Å². The van der Waals surface area contributed by atoms with Crippen LogP contribution in [0.25, 0.3) is 0 Å². The molecular formula is C20H27NO4. The lowest BCUT2D eigenvalue weighted by molar-refractivity contribution is -0.142. The number of amides is 1. The molecule has 1 aliphatic heterocycles. The number of esters is 1. The van der Waals surface area contributed by atoms with Crippen molar-refractivity contribution < 1.29 is 19.1 Å². The van der Waals surface area contributed by atoms with E-state index in [1.807, 2.05) is 36.4 Å². The van der Waals surface area contributed by atoms with Crippen molar-refractivity contribution in [3.63, 3.8) is 0 Å².